The van der Waals surface area contributed by atoms with Gasteiger partial charge in [-0.15, -0.1) is 0 Å². The summed E-state index contributed by atoms with van der Waals surface area (Å²) in [6.07, 6.45) is 0. The van der Waals surface area contributed by atoms with Gasteiger partial charge in [-0.3, -0.25) is 0 Å². The highest BCUT2D eigenvalue weighted by Crippen LogP contribution is 2.37. The summed E-state index contributed by atoms with van der Waals surface area (Å²) >= 11 is 0. The number of benzene rings is 1. The number of methoxy groups -OCH3 is 1. The minimum Gasteiger partial charge on any atom is -0.493 e. The summed E-state index contributed by atoms with van der Waals surface area (Å²) in [4.78, 5) is 0. The van der Waals surface area contributed by atoms with Gasteiger partial charge in [-0.2, -0.15) is 0 Å². The van der Waals surface area contributed by atoms with E-state index in [4.69, 9.17) is 23.2 Å². The van der Waals surface area contributed by atoms with E-state index in [0.29, 0.717) is 24.7 Å². The molecule has 0 bridgehead atoms. The lowest BCUT2D eigenvalue weighted by Crippen LogP contribution is -2.41. The van der Waals surface area contributed by atoms with E-state index in [9.17, 15) is 0 Å². The molecule has 2 rings (SSSR count). The maximum atomic E-state index is 6.10. The van der Waals surface area contributed by atoms with Crippen LogP contribution in [0.1, 0.15) is 27.7 Å². The molecule has 1 saturated heterocycles. The van der Waals surface area contributed by atoms with Gasteiger partial charge in [0.25, 0.3) is 0 Å². The first-order chi connectivity index (χ1) is 11.2. The third kappa shape index (κ3) is 4.33. The number of hydrogen-bond donors (Lipinski definition) is 0. The van der Waals surface area contributed by atoms with E-state index in [2.05, 4.69) is 13.1 Å². The van der Waals surface area contributed by atoms with Gasteiger partial charge in [0.05, 0.1) is 24.9 Å². The van der Waals surface area contributed by atoms with E-state index in [0.717, 1.165) is 5.46 Å². The predicted molar refractivity (Wildman–Crippen MR) is 99.0 cm³/mol. The van der Waals surface area contributed by atoms with Crippen molar-refractivity contribution in [2.45, 2.75) is 52.0 Å². The normalized spacial score (nSPS) is 18.9. The molecule has 1 heterocycles. The van der Waals surface area contributed by atoms with E-state index in [-0.39, 0.29) is 11.2 Å². The molecule has 0 saturated carbocycles. The van der Waals surface area contributed by atoms with Crippen LogP contribution in [0.15, 0.2) is 18.2 Å². The molecule has 7 heteroatoms. The maximum Gasteiger partial charge on any atom is 0.494 e. The molecule has 0 atom stereocenters. The third-order valence-electron chi connectivity index (χ3n) is 4.51. The average molecular weight is 352 g/mol. The second-order valence-electron chi connectivity index (χ2n) is 7.27. The van der Waals surface area contributed by atoms with Gasteiger partial charge in [0.2, 0.25) is 0 Å². The van der Waals surface area contributed by atoms with Crippen LogP contribution in [0.2, 0.25) is 13.1 Å². The fourth-order valence-electron chi connectivity index (χ4n) is 2.37. The molecule has 1 aliphatic rings. The van der Waals surface area contributed by atoms with Crippen molar-refractivity contribution >= 4 is 21.6 Å². The Morgan fingerprint density at radius 1 is 1.00 bits per heavy atom. The highest BCUT2D eigenvalue weighted by molar-refractivity contribution is 6.62. The van der Waals surface area contributed by atoms with E-state index >= 15 is 0 Å². The Morgan fingerprint density at radius 3 is 2.17 bits per heavy atom. The van der Waals surface area contributed by atoms with E-state index in [1.54, 1.807) is 7.11 Å². The van der Waals surface area contributed by atoms with Gasteiger partial charge in [0, 0.05) is 0 Å². The van der Waals surface area contributed by atoms with Crippen LogP contribution < -0.4 is 14.9 Å². The van der Waals surface area contributed by atoms with Crippen LogP contribution >= 0.6 is 0 Å². The second-order valence-corrected chi connectivity index (χ2v) is 9.70. The molecular formula is C17H29BO5Si. The molecule has 0 spiro atoms. The average Bonchev–Trinajstić information content (AvgIpc) is 2.71. The minimum atomic E-state index is -1.02. The monoisotopic (exact) mass is 352 g/mol. The molecule has 0 aliphatic carbocycles. The number of hydrogen-bond acceptors (Lipinski definition) is 5. The molecule has 0 radical (unpaired) electrons. The molecule has 0 unspecified atom stereocenters. The molecule has 0 aromatic heterocycles. The summed E-state index contributed by atoms with van der Waals surface area (Å²) in [5.74, 6) is 1.37. The first kappa shape index (κ1) is 19.3. The highest BCUT2D eigenvalue weighted by Gasteiger charge is 2.51. The zero-order valence-corrected chi connectivity index (χ0v) is 17.0. The van der Waals surface area contributed by atoms with Crippen molar-refractivity contribution in [2.24, 2.45) is 0 Å². The predicted octanol–water partition coefficient (Wildman–Crippen LogP) is 2.37. The Bertz CT molecular complexity index is 546. The molecule has 1 aromatic rings. The van der Waals surface area contributed by atoms with Crippen molar-refractivity contribution in [3.05, 3.63) is 18.2 Å². The summed E-state index contributed by atoms with van der Waals surface area (Å²) in [5.41, 5.74) is 0.187. The van der Waals surface area contributed by atoms with E-state index in [1.165, 1.54) is 0 Å². The SMILES string of the molecule is COc1ccc(B2OC(C)(C)C(C)(C)O2)cc1OCCO[SiH](C)C. The first-order valence-corrected chi connectivity index (χ1v) is 11.2. The van der Waals surface area contributed by atoms with Gasteiger partial charge in [0.15, 0.2) is 20.5 Å². The minimum absolute atomic E-state index is 0.367. The fraction of sp³-hybridized carbons (Fsp3) is 0.647. The summed E-state index contributed by atoms with van der Waals surface area (Å²) in [6.45, 7) is 13.5. The lowest BCUT2D eigenvalue weighted by atomic mass is 9.79. The van der Waals surface area contributed by atoms with Crippen molar-refractivity contribution in [3.8, 4) is 11.5 Å². The van der Waals surface area contributed by atoms with Gasteiger partial charge >= 0.3 is 7.12 Å². The molecule has 1 fully saturated rings. The largest absolute Gasteiger partial charge is 0.494 e. The number of ether oxygens (including phenoxy) is 2. The van der Waals surface area contributed by atoms with E-state index in [1.807, 2.05) is 45.9 Å². The Balaban J connectivity index is 2.11. The Morgan fingerprint density at radius 2 is 1.62 bits per heavy atom. The van der Waals surface area contributed by atoms with Crippen LogP contribution in [-0.4, -0.2) is 47.7 Å². The van der Waals surface area contributed by atoms with Crippen LogP contribution in [0, 0.1) is 0 Å². The van der Waals surface area contributed by atoms with Gasteiger partial charge in [-0.1, -0.05) is 6.07 Å². The van der Waals surface area contributed by atoms with Crippen molar-refractivity contribution in [3.63, 3.8) is 0 Å². The summed E-state index contributed by atoms with van der Waals surface area (Å²) in [5, 5.41) is 0. The molecule has 0 amide bonds. The molecular weight excluding hydrogens is 323 g/mol. The first-order valence-electron chi connectivity index (χ1n) is 8.44. The van der Waals surface area contributed by atoms with Crippen molar-refractivity contribution < 1.29 is 23.2 Å². The van der Waals surface area contributed by atoms with Crippen molar-refractivity contribution in [1.82, 2.24) is 0 Å². The van der Waals surface area contributed by atoms with Crippen LogP contribution in [0.4, 0.5) is 0 Å². The topological polar surface area (TPSA) is 46.2 Å². The Hall–Kier alpha value is -1.02. The second kappa shape index (κ2) is 7.47. The van der Waals surface area contributed by atoms with Crippen molar-refractivity contribution in [1.29, 1.82) is 0 Å². The van der Waals surface area contributed by atoms with Gasteiger partial charge < -0.3 is 23.2 Å². The van der Waals surface area contributed by atoms with Crippen LogP contribution in [0.3, 0.4) is 0 Å². The van der Waals surface area contributed by atoms with Crippen LogP contribution in [0.5, 0.6) is 11.5 Å². The van der Waals surface area contributed by atoms with Crippen LogP contribution in [-0.2, 0) is 13.7 Å². The van der Waals surface area contributed by atoms with Gasteiger partial charge in [0.1, 0.15) is 6.61 Å². The molecule has 1 aliphatic heterocycles. The summed E-state index contributed by atoms with van der Waals surface area (Å²) in [6, 6.07) is 5.76. The molecule has 1 aromatic carbocycles. The molecule has 0 N–H and O–H groups in total. The van der Waals surface area contributed by atoms with Gasteiger partial charge in [-0.05, 0) is 58.4 Å². The maximum absolute atomic E-state index is 6.10. The molecule has 5 nitrogen and oxygen atoms in total. The zero-order valence-electron chi connectivity index (χ0n) is 15.8. The quantitative estimate of drug-likeness (QED) is 0.557. The third-order valence-corrected chi connectivity index (χ3v) is 5.41. The lowest BCUT2D eigenvalue weighted by Gasteiger charge is -2.32. The van der Waals surface area contributed by atoms with Gasteiger partial charge in [-0.25, -0.2) is 0 Å². The smallest absolute Gasteiger partial charge is 0.493 e. The summed E-state index contributed by atoms with van der Waals surface area (Å²) < 4.78 is 29.1. The zero-order chi connectivity index (χ0) is 18.0. The lowest BCUT2D eigenvalue weighted by molar-refractivity contribution is 0.00578. The molecule has 24 heavy (non-hydrogen) atoms. The fourth-order valence-corrected chi connectivity index (χ4v) is 2.93. The highest BCUT2D eigenvalue weighted by atomic mass is 28.3. The van der Waals surface area contributed by atoms with Crippen molar-refractivity contribution in [2.75, 3.05) is 20.3 Å². The number of rotatable bonds is 7. The Kier molecular flexibility index (Phi) is 6.01. The van der Waals surface area contributed by atoms with Crippen LogP contribution in [0.25, 0.3) is 0 Å². The van der Waals surface area contributed by atoms with E-state index < -0.39 is 16.2 Å². The standard InChI is InChI=1S/C17H29BO5Si/c1-16(2)17(3,4)23-18(22-16)13-8-9-14(19-5)15(12-13)20-10-11-21-24(6)7/h8-9,12,24H,10-11H2,1-7H3. The Labute approximate surface area is 147 Å². The molecule has 134 valence electrons. The summed E-state index contributed by atoms with van der Waals surface area (Å²) in [7, 11) is 0.194.